The summed E-state index contributed by atoms with van der Waals surface area (Å²) in [6, 6.07) is 6.65. The van der Waals surface area contributed by atoms with Gasteiger partial charge in [0, 0.05) is 32.7 Å². The van der Waals surface area contributed by atoms with Gasteiger partial charge in [0.1, 0.15) is 5.75 Å². The Balaban J connectivity index is 0.000000401. The molecule has 2 N–H and O–H groups in total. The first-order chi connectivity index (χ1) is 14.7. The first-order valence-electron chi connectivity index (χ1n) is 10.2. The molecule has 4 rings (SSSR count). The zero-order valence-corrected chi connectivity index (χ0v) is 18.2. The molecule has 3 atom stereocenters. The van der Waals surface area contributed by atoms with Gasteiger partial charge in [-0.15, -0.1) is 0 Å². The largest absolute Gasteiger partial charge is 0.497 e. The highest BCUT2D eigenvalue weighted by atomic mass is 32.2. The zero-order chi connectivity index (χ0) is 22.6. The molecule has 3 unspecified atom stereocenters. The van der Waals surface area contributed by atoms with Crippen molar-refractivity contribution in [3.8, 4) is 5.75 Å². The normalized spacial score (nSPS) is 25.6. The zero-order valence-electron chi connectivity index (χ0n) is 17.4. The second-order valence-electron chi connectivity index (χ2n) is 8.03. The Morgan fingerprint density at radius 3 is 2.06 bits per heavy atom. The highest BCUT2D eigenvalue weighted by Crippen LogP contribution is 2.43. The average molecular weight is 453 g/mol. The van der Waals surface area contributed by atoms with E-state index in [9.17, 15) is 8.42 Å². The number of rotatable bonds is 5. The molecule has 0 spiro atoms. The van der Waals surface area contributed by atoms with Crippen LogP contribution in [0.5, 0.6) is 5.75 Å². The Kier molecular flexibility index (Phi) is 7.34. The van der Waals surface area contributed by atoms with Crippen LogP contribution in [0.1, 0.15) is 12.8 Å². The number of ether oxygens (including phenoxy) is 1. The number of sulfonamides is 1. The van der Waals surface area contributed by atoms with E-state index in [2.05, 4.69) is 17.1 Å². The maximum Gasteiger partial charge on any atom is 0.414 e. The minimum Gasteiger partial charge on any atom is -0.497 e. The van der Waals surface area contributed by atoms with Crippen LogP contribution in [0.3, 0.4) is 0 Å². The Labute approximate surface area is 182 Å². The summed E-state index contributed by atoms with van der Waals surface area (Å²) in [6.45, 7) is 3.91. The van der Waals surface area contributed by atoms with Crippen molar-refractivity contribution in [1.29, 1.82) is 0 Å². The summed E-state index contributed by atoms with van der Waals surface area (Å²) in [4.78, 5) is 21.0. The number of allylic oxidation sites excluding steroid dienone is 2. The fourth-order valence-electron chi connectivity index (χ4n) is 4.49. The smallest absolute Gasteiger partial charge is 0.414 e. The van der Waals surface area contributed by atoms with Gasteiger partial charge in [-0.25, -0.2) is 18.0 Å². The average Bonchev–Trinajstić information content (AvgIpc) is 3.38. The lowest BCUT2D eigenvalue weighted by atomic mass is 9.93. The third-order valence-electron chi connectivity index (χ3n) is 6.12. The van der Waals surface area contributed by atoms with Crippen LogP contribution in [0, 0.1) is 17.8 Å². The number of aliphatic carboxylic acids is 2. The summed E-state index contributed by atoms with van der Waals surface area (Å²) in [7, 11) is -1.83. The molecular weight excluding hydrogens is 424 g/mol. The molecule has 1 aromatic carbocycles. The highest BCUT2D eigenvalue weighted by molar-refractivity contribution is 7.89. The molecule has 1 heterocycles. The Morgan fingerprint density at radius 1 is 1.00 bits per heavy atom. The topological polar surface area (TPSA) is 124 Å². The van der Waals surface area contributed by atoms with E-state index < -0.39 is 22.0 Å². The van der Waals surface area contributed by atoms with E-state index >= 15 is 0 Å². The van der Waals surface area contributed by atoms with Crippen molar-refractivity contribution in [1.82, 2.24) is 9.21 Å². The van der Waals surface area contributed by atoms with Crippen molar-refractivity contribution in [3.05, 3.63) is 36.4 Å². The van der Waals surface area contributed by atoms with Gasteiger partial charge in [-0.3, -0.25) is 0 Å². The van der Waals surface area contributed by atoms with Crippen LogP contribution in [0.25, 0.3) is 0 Å². The lowest BCUT2D eigenvalue weighted by Crippen LogP contribution is -2.49. The van der Waals surface area contributed by atoms with Gasteiger partial charge in [-0.05, 0) is 54.9 Å². The third-order valence-corrected chi connectivity index (χ3v) is 8.03. The van der Waals surface area contributed by atoms with Crippen LogP contribution in [-0.2, 0) is 19.6 Å². The molecule has 0 amide bonds. The van der Waals surface area contributed by atoms with E-state index in [0.717, 1.165) is 37.4 Å². The molecule has 170 valence electrons. The number of benzene rings is 1. The summed E-state index contributed by atoms with van der Waals surface area (Å²) >= 11 is 0. The molecule has 2 fully saturated rings. The van der Waals surface area contributed by atoms with E-state index in [-0.39, 0.29) is 0 Å². The lowest BCUT2D eigenvalue weighted by molar-refractivity contribution is -0.159. The van der Waals surface area contributed by atoms with E-state index in [1.54, 1.807) is 35.7 Å². The second-order valence-corrected chi connectivity index (χ2v) is 9.97. The highest BCUT2D eigenvalue weighted by Gasteiger charge is 2.37. The Hall–Kier alpha value is -2.43. The van der Waals surface area contributed by atoms with Crippen LogP contribution in [0.4, 0.5) is 0 Å². The number of piperazine rings is 1. The number of carboxylic acids is 2. The van der Waals surface area contributed by atoms with Gasteiger partial charge in [0.25, 0.3) is 0 Å². The summed E-state index contributed by atoms with van der Waals surface area (Å²) in [5, 5.41) is 14.8. The molecule has 1 saturated heterocycles. The van der Waals surface area contributed by atoms with E-state index in [1.807, 2.05) is 0 Å². The standard InChI is InChI=1S/C19H26N2O3S.C2H2O4/c1-24-18-4-6-19(7-5-18)25(22,23)21-10-8-20(9-11-21)14-17-13-15-2-3-16(17)12-15;3-1(4)2(5)6/h2-7,15-17H,8-14H2,1H3;(H,3,4)(H,5,6). The van der Waals surface area contributed by atoms with E-state index in [0.29, 0.717) is 23.7 Å². The number of methoxy groups -OCH3 is 1. The van der Waals surface area contributed by atoms with Crippen LogP contribution in [-0.4, -0.2) is 79.6 Å². The lowest BCUT2D eigenvalue weighted by Gasteiger charge is -2.36. The van der Waals surface area contributed by atoms with Crippen molar-refractivity contribution in [2.75, 3.05) is 39.8 Å². The summed E-state index contributed by atoms with van der Waals surface area (Å²) in [5.41, 5.74) is 0. The molecular formula is C21H28N2O7S. The number of hydrogen-bond acceptors (Lipinski definition) is 6. The molecule has 31 heavy (non-hydrogen) atoms. The third kappa shape index (κ3) is 5.63. The number of carboxylic acid groups (broad SMARTS) is 2. The fourth-order valence-corrected chi connectivity index (χ4v) is 5.91. The summed E-state index contributed by atoms with van der Waals surface area (Å²) in [6.07, 6.45) is 7.41. The maximum absolute atomic E-state index is 12.8. The fraction of sp³-hybridized carbons (Fsp3) is 0.524. The van der Waals surface area contributed by atoms with Gasteiger partial charge in [-0.2, -0.15) is 4.31 Å². The molecule has 0 aromatic heterocycles. The Bertz CT molecular complexity index is 910. The predicted molar refractivity (Wildman–Crippen MR) is 112 cm³/mol. The monoisotopic (exact) mass is 452 g/mol. The SMILES string of the molecule is COc1ccc(S(=O)(=O)N2CCN(CC3CC4C=CC3C4)CC2)cc1.O=C(O)C(=O)O. The van der Waals surface area contributed by atoms with E-state index in [1.165, 1.54) is 12.8 Å². The number of nitrogens with zero attached hydrogens (tertiary/aromatic N) is 2. The van der Waals surface area contributed by atoms with Gasteiger partial charge in [-0.1, -0.05) is 12.2 Å². The van der Waals surface area contributed by atoms with Crippen LogP contribution >= 0.6 is 0 Å². The van der Waals surface area contributed by atoms with Gasteiger partial charge >= 0.3 is 11.9 Å². The number of fused-ring (bicyclic) bond motifs is 2. The van der Waals surface area contributed by atoms with E-state index in [4.69, 9.17) is 24.5 Å². The quantitative estimate of drug-likeness (QED) is 0.507. The molecule has 10 heteroatoms. The van der Waals surface area contributed by atoms with Gasteiger partial charge in [0.05, 0.1) is 12.0 Å². The molecule has 2 aliphatic carbocycles. The summed E-state index contributed by atoms with van der Waals surface area (Å²) < 4.78 is 32.3. The van der Waals surface area contributed by atoms with Crippen molar-refractivity contribution >= 4 is 22.0 Å². The molecule has 0 radical (unpaired) electrons. The molecule has 1 saturated carbocycles. The minimum atomic E-state index is -3.41. The van der Waals surface area contributed by atoms with Crippen molar-refractivity contribution in [2.24, 2.45) is 17.8 Å². The van der Waals surface area contributed by atoms with Crippen LogP contribution in [0.2, 0.25) is 0 Å². The van der Waals surface area contributed by atoms with Gasteiger partial charge in [0.2, 0.25) is 10.0 Å². The van der Waals surface area contributed by atoms with Gasteiger partial charge in [0.15, 0.2) is 0 Å². The maximum atomic E-state index is 12.8. The van der Waals surface area contributed by atoms with Crippen LogP contribution < -0.4 is 4.74 Å². The Morgan fingerprint density at radius 2 is 1.61 bits per heavy atom. The van der Waals surface area contributed by atoms with Crippen molar-refractivity contribution in [3.63, 3.8) is 0 Å². The summed E-state index contributed by atoms with van der Waals surface area (Å²) in [5.74, 6) is -0.661. The molecule has 2 bridgehead atoms. The van der Waals surface area contributed by atoms with Crippen molar-refractivity contribution < 1.29 is 33.0 Å². The van der Waals surface area contributed by atoms with Crippen molar-refractivity contribution in [2.45, 2.75) is 17.7 Å². The van der Waals surface area contributed by atoms with Crippen LogP contribution in [0.15, 0.2) is 41.3 Å². The number of hydrogen-bond donors (Lipinski definition) is 2. The molecule has 1 aromatic rings. The first kappa shape index (κ1) is 23.2. The minimum absolute atomic E-state index is 0.347. The molecule has 3 aliphatic rings. The predicted octanol–water partition coefficient (Wildman–Crippen LogP) is 1.37. The first-order valence-corrected chi connectivity index (χ1v) is 11.7. The molecule has 9 nitrogen and oxygen atoms in total. The van der Waals surface area contributed by atoms with Gasteiger partial charge < -0.3 is 19.8 Å². The number of carbonyl (C=O) groups is 2. The second kappa shape index (κ2) is 9.80. The molecule has 1 aliphatic heterocycles.